The number of hydrogen-bond donors (Lipinski definition) is 3. The predicted molar refractivity (Wildman–Crippen MR) is 84.6 cm³/mol. The Kier molecular flexibility index (Phi) is 4.23. The van der Waals surface area contributed by atoms with Crippen molar-refractivity contribution in [1.82, 2.24) is 4.98 Å². The summed E-state index contributed by atoms with van der Waals surface area (Å²) < 4.78 is 5.47. The van der Waals surface area contributed by atoms with Crippen LogP contribution in [0.1, 0.15) is 44.0 Å². The van der Waals surface area contributed by atoms with Gasteiger partial charge in [0.15, 0.2) is 0 Å². The van der Waals surface area contributed by atoms with E-state index in [9.17, 15) is 4.79 Å². The van der Waals surface area contributed by atoms with Gasteiger partial charge in [-0.25, -0.2) is 0 Å². The summed E-state index contributed by atoms with van der Waals surface area (Å²) in [7, 11) is 0. The zero-order valence-corrected chi connectivity index (χ0v) is 13.4. The molecule has 2 rings (SSSR count). The van der Waals surface area contributed by atoms with Gasteiger partial charge in [0.1, 0.15) is 11.4 Å². The average Bonchev–Trinajstić information content (AvgIpc) is 2.62. The molecule has 0 radical (unpaired) electrons. The van der Waals surface area contributed by atoms with E-state index in [1.807, 2.05) is 20.8 Å². The van der Waals surface area contributed by atoms with Gasteiger partial charge in [0.05, 0.1) is 11.1 Å². The number of aryl methyl sites for hydroxylation is 1. The molecular formula is C15H22ClN3O2. The van der Waals surface area contributed by atoms with Gasteiger partial charge < -0.3 is 21.2 Å². The third-order valence-electron chi connectivity index (χ3n) is 3.48. The second-order valence-corrected chi connectivity index (χ2v) is 6.85. The van der Waals surface area contributed by atoms with E-state index in [1.54, 1.807) is 6.08 Å². The lowest BCUT2D eigenvalue weighted by Crippen LogP contribution is -2.31. The van der Waals surface area contributed by atoms with Gasteiger partial charge in [0, 0.05) is 11.3 Å². The number of anilines is 1. The summed E-state index contributed by atoms with van der Waals surface area (Å²) >= 11 is 5.75. The molecule has 0 bridgehead atoms. The molecule has 116 valence electrons. The smallest absolute Gasteiger partial charge is 0.309 e. The van der Waals surface area contributed by atoms with E-state index < -0.39 is 5.60 Å². The zero-order chi connectivity index (χ0) is 15.8. The molecule has 1 aliphatic carbocycles. The molecule has 1 unspecified atom stereocenters. The molecule has 1 aromatic rings. The molecule has 1 heterocycles. The fraction of sp³-hybridized carbons (Fsp3) is 0.533. The van der Waals surface area contributed by atoms with Crippen LogP contribution in [0.25, 0.3) is 6.08 Å². The molecule has 0 aromatic carbocycles. The van der Waals surface area contributed by atoms with Gasteiger partial charge in [-0.1, -0.05) is 11.6 Å². The normalized spacial score (nSPS) is 19.2. The predicted octanol–water partition coefficient (Wildman–Crippen LogP) is 2.54. The topological polar surface area (TPSA) is 94.1 Å². The van der Waals surface area contributed by atoms with Crippen molar-refractivity contribution in [2.45, 2.75) is 45.6 Å². The largest absolute Gasteiger partial charge is 0.460 e. The molecule has 6 heteroatoms. The highest BCUT2D eigenvalue weighted by Crippen LogP contribution is 2.33. The molecule has 1 aromatic heterocycles. The number of aromatic amines is 1. The van der Waals surface area contributed by atoms with Gasteiger partial charge in [0.25, 0.3) is 0 Å². The van der Waals surface area contributed by atoms with Crippen LogP contribution in [0, 0.1) is 5.92 Å². The highest BCUT2D eigenvalue weighted by Gasteiger charge is 2.31. The van der Waals surface area contributed by atoms with Crippen molar-refractivity contribution in [3.63, 3.8) is 0 Å². The summed E-state index contributed by atoms with van der Waals surface area (Å²) in [6.45, 7) is 5.61. The Morgan fingerprint density at radius 3 is 2.71 bits per heavy atom. The van der Waals surface area contributed by atoms with Crippen LogP contribution in [0.3, 0.4) is 0 Å². The summed E-state index contributed by atoms with van der Waals surface area (Å²) in [4.78, 5) is 15.4. The second-order valence-electron chi connectivity index (χ2n) is 6.41. The quantitative estimate of drug-likeness (QED) is 0.578. The first-order valence-corrected chi connectivity index (χ1v) is 7.40. The van der Waals surface area contributed by atoms with Gasteiger partial charge in [-0.15, -0.1) is 0 Å². The van der Waals surface area contributed by atoms with Crippen molar-refractivity contribution in [1.29, 1.82) is 0 Å². The summed E-state index contributed by atoms with van der Waals surface area (Å²) in [6, 6.07) is 0. The van der Waals surface area contributed by atoms with E-state index in [-0.39, 0.29) is 17.0 Å². The van der Waals surface area contributed by atoms with E-state index in [0.29, 0.717) is 12.2 Å². The fourth-order valence-electron chi connectivity index (χ4n) is 2.63. The highest BCUT2D eigenvalue weighted by atomic mass is 35.5. The number of fused-ring (bicyclic) bond motifs is 1. The van der Waals surface area contributed by atoms with Crippen LogP contribution in [0.2, 0.25) is 0 Å². The third kappa shape index (κ3) is 3.73. The van der Waals surface area contributed by atoms with Crippen LogP contribution in [-0.4, -0.2) is 16.6 Å². The summed E-state index contributed by atoms with van der Waals surface area (Å²) in [5.41, 5.74) is 13.9. The lowest BCUT2D eigenvalue weighted by molar-refractivity contribution is -0.160. The van der Waals surface area contributed by atoms with E-state index in [1.165, 1.54) is 0 Å². The molecule has 5 N–H and O–H groups in total. The fourth-order valence-corrected chi connectivity index (χ4v) is 2.74. The minimum absolute atomic E-state index is 0.157. The van der Waals surface area contributed by atoms with Crippen LogP contribution in [0.4, 0.5) is 5.82 Å². The molecular weight excluding hydrogens is 290 g/mol. The number of nitrogens with one attached hydrogen (secondary N) is 1. The second kappa shape index (κ2) is 5.64. The number of H-pyrrole nitrogens is 1. The number of rotatable bonds is 2. The Bertz CT molecular complexity index is 580. The van der Waals surface area contributed by atoms with Gasteiger partial charge in [-0.3, -0.25) is 4.79 Å². The van der Waals surface area contributed by atoms with Crippen molar-refractivity contribution >= 4 is 29.5 Å². The molecule has 1 aliphatic rings. The molecule has 1 atom stereocenters. The number of carbonyl (C=O) groups is 1. The van der Waals surface area contributed by atoms with E-state index in [2.05, 4.69) is 4.98 Å². The van der Waals surface area contributed by atoms with Crippen LogP contribution >= 0.6 is 11.6 Å². The first-order chi connectivity index (χ1) is 9.67. The van der Waals surface area contributed by atoms with Gasteiger partial charge in [-0.2, -0.15) is 0 Å². The molecule has 0 saturated heterocycles. The van der Waals surface area contributed by atoms with E-state index >= 15 is 0 Å². The SMILES string of the molecule is CC(C)(C)OC(=O)C1CCc2[nH]c(N)c(/C=C(\N)Cl)c2C1. The zero-order valence-electron chi connectivity index (χ0n) is 12.6. The van der Waals surface area contributed by atoms with Crippen molar-refractivity contribution < 1.29 is 9.53 Å². The van der Waals surface area contributed by atoms with E-state index in [4.69, 9.17) is 27.8 Å². The first-order valence-electron chi connectivity index (χ1n) is 7.02. The number of hydrogen-bond acceptors (Lipinski definition) is 4. The van der Waals surface area contributed by atoms with Crippen LogP contribution < -0.4 is 11.5 Å². The molecule has 0 amide bonds. The average molecular weight is 312 g/mol. The summed E-state index contributed by atoms with van der Waals surface area (Å²) in [5, 5.41) is 0.169. The van der Waals surface area contributed by atoms with Gasteiger partial charge >= 0.3 is 5.97 Å². The van der Waals surface area contributed by atoms with Crippen molar-refractivity contribution in [2.75, 3.05) is 5.73 Å². The Morgan fingerprint density at radius 1 is 1.48 bits per heavy atom. The maximum atomic E-state index is 12.2. The monoisotopic (exact) mass is 311 g/mol. The first kappa shape index (κ1) is 15.8. The molecule has 0 fully saturated rings. The third-order valence-corrected chi connectivity index (χ3v) is 3.59. The number of ether oxygens (including phenoxy) is 1. The van der Waals surface area contributed by atoms with Crippen molar-refractivity contribution in [2.24, 2.45) is 11.7 Å². The van der Waals surface area contributed by atoms with Crippen LogP contribution in [-0.2, 0) is 22.4 Å². The van der Waals surface area contributed by atoms with Crippen molar-refractivity contribution in [3.05, 3.63) is 22.0 Å². The minimum Gasteiger partial charge on any atom is -0.460 e. The maximum Gasteiger partial charge on any atom is 0.309 e. The number of aromatic nitrogens is 1. The Hall–Kier alpha value is -1.62. The molecule has 0 saturated carbocycles. The number of esters is 1. The Balaban J connectivity index is 2.23. The molecule has 5 nitrogen and oxygen atoms in total. The summed E-state index contributed by atoms with van der Waals surface area (Å²) in [6.07, 6.45) is 3.73. The van der Waals surface area contributed by atoms with Crippen LogP contribution in [0.5, 0.6) is 0 Å². The van der Waals surface area contributed by atoms with Crippen molar-refractivity contribution in [3.8, 4) is 0 Å². The Morgan fingerprint density at radius 2 is 2.14 bits per heavy atom. The highest BCUT2D eigenvalue weighted by molar-refractivity contribution is 6.31. The summed E-state index contributed by atoms with van der Waals surface area (Å²) in [5.74, 6) is 0.214. The number of nitrogen functional groups attached to an aromatic ring is 1. The molecule has 0 aliphatic heterocycles. The van der Waals surface area contributed by atoms with Crippen LogP contribution in [0.15, 0.2) is 5.16 Å². The Labute approximate surface area is 129 Å². The standard InChI is InChI=1S/C15H22ClN3O2/c1-15(2,3)21-14(20)8-4-5-11-9(6-8)10(7-12(16)17)13(18)19-11/h7-8,19H,4-6,17-18H2,1-3H3/b12-7-. The maximum absolute atomic E-state index is 12.2. The molecule has 21 heavy (non-hydrogen) atoms. The lowest BCUT2D eigenvalue weighted by atomic mass is 9.85. The molecule has 0 spiro atoms. The lowest BCUT2D eigenvalue weighted by Gasteiger charge is -2.26. The number of carbonyl (C=O) groups excluding carboxylic acids is 1. The minimum atomic E-state index is -0.474. The van der Waals surface area contributed by atoms with Gasteiger partial charge in [-0.05, 0) is 51.7 Å². The van der Waals surface area contributed by atoms with E-state index in [0.717, 1.165) is 29.7 Å². The number of halogens is 1. The van der Waals surface area contributed by atoms with Gasteiger partial charge in [0.2, 0.25) is 0 Å². The number of nitrogens with two attached hydrogens (primary N) is 2.